The highest BCUT2D eigenvalue weighted by molar-refractivity contribution is 6.30. The number of para-hydroxylation sites is 2. The van der Waals surface area contributed by atoms with Crippen LogP contribution in [0, 0.1) is 18.3 Å². The van der Waals surface area contributed by atoms with Crippen molar-refractivity contribution in [2.45, 2.75) is 13.3 Å². The van der Waals surface area contributed by atoms with Crippen molar-refractivity contribution in [1.82, 2.24) is 9.38 Å². The van der Waals surface area contributed by atoms with Gasteiger partial charge in [0.15, 0.2) is 5.65 Å². The van der Waals surface area contributed by atoms with Crippen molar-refractivity contribution in [3.63, 3.8) is 0 Å². The van der Waals surface area contributed by atoms with Gasteiger partial charge in [0.05, 0.1) is 23.1 Å². The molecule has 0 aliphatic carbocycles. The van der Waals surface area contributed by atoms with E-state index < -0.39 is 0 Å². The maximum atomic E-state index is 10.2. The lowest BCUT2D eigenvalue weighted by atomic mass is 9.97. The number of amidine groups is 1. The van der Waals surface area contributed by atoms with E-state index >= 15 is 0 Å². The van der Waals surface area contributed by atoms with Crippen LogP contribution in [0.3, 0.4) is 0 Å². The van der Waals surface area contributed by atoms with Crippen LogP contribution in [0.5, 0.6) is 0 Å². The highest BCUT2D eigenvalue weighted by Crippen LogP contribution is 2.36. The fraction of sp³-hybridized carbons (Fsp3) is 0.138. The predicted molar refractivity (Wildman–Crippen MR) is 142 cm³/mol. The summed E-state index contributed by atoms with van der Waals surface area (Å²) in [5.74, 6) is 1.95. The third kappa shape index (κ3) is 3.54. The van der Waals surface area contributed by atoms with Gasteiger partial charge in [0.1, 0.15) is 17.7 Å². The molecule has 0 saturated heterocycles. The van der Waals surface area contributed by atoms with E-state index in [-0.39, 0.29) is 0 Å². The summed E-state index contributed by atoms with van der Waals surface area (Å²) >= 11 is 6.16. The summed E-state index contributed by atoms with van der Waals surface area (Å²) < 4.78 is 2.15. The van der Waals surface area contributed by atoms with Crippen LogP contribution < -0.4 is 4.90 Å². The molecule has 0 atom stereocenters. The standard InChI is InChI=1S/C29H22ClN5/c1-19-23(17-20-11-13-22(30)14-12-20)29(34-16-15-32-27(34)21-7-3-2-4-8-21)35-26-10-6-5-9-25(26)33-28(35)24(19)18-31/h2-14H,15-17H2,1H3. The second kappa shape index (κ2) is 8.57. The monoisotopic (exact) mass is 475 g/mol. The second-order valence-corrected chi connectivity index (χ2v) is 9.14. The maximum Gasteiger partial charge on any atom is 0.157 e. The van der Waals surface area contributed by atoms with Gasteiger partial charge in [-0.15, -0.1) is 0 Å². The number of halogens is 1. The van der Waals surface area contributed by atoms with Crippen molar-refractivity contribution in [2.24, 2.45) is 4.99 Å². The number of benzene rings is 3. The zero-order chi connectivity index (χ0) is 23.9. The Hall–Kier alpha value is -4.14. The van der Waals surface area contributed by atoms with Gasteiger partial charge < -0.3 is 4.90 Å². The minimum atomic E-state index is 0.603. The summed E-state index contributed by atoms with van der Waals surface area (Å²) in [7, 11) is 0. The first-order valence-electron chi connectivity index (χ1n) is 11.6. The van der Waals surface area contributed by atoms with E-state index in [4.69, 9.17) is 21.6 Å². The zero-order valence-corrected chi connectivity index (χ0v) is 20.0. The lowest BCUT2D eigenvalue weighted by molar-refractivity contribution is 0.960. The van der Waals surface area contributed by atoms with Gasteiger partial charge in [-0.2, -0.15) is 5.26 Å². The van der Waals surface area contributed by atoms with E-state index in [0.29, 0.717) is 29.2 Å². The lowest BCUT2D eigenvalue weighted by Crippen LogP contribution is -2.31. The summed E-state index contributed by atoms with van der Waals surface area (Å²) in [5.41, 5.74) is 7.36. The molecule has 5 aromatic rings. The highest BCUT2D eigenvalue weighted by Gasteiger charge is 2.29. The fourth-order valence-corrected chi connectivity index (χ4v) is 5.08. The minimum absolute atomic E-state index is 0.603. The number of imidazole rings is 1. The molecule has 1 aliphatic heterocycles. The topological polar surface area (TPSA) is 56.7 Å². The number of aliphatic imine (C=N–C) groups is 1. The maximum absolute atomic E-state index is 10.2. The molecule has 35 heavy (non-hydrogen) atoms. The van der Waals surface area contributed by atoms with E-state index in [1.54, 1.807) is 0 Å². The van der Waals surface area contributed by atoms with Crippen LogP contribution in [0.15, 0.2) is 83.9 Å². The van der Waals surface area contributed by atoms with Crippen LogP contribution in [-0.4, -0.2) is 28.3 Å². The van der Waals surface area contributed by atoms with E-state index in [0.717, 1.165) is 51.5 Å². The quantitative estimate of drug-likeness (QED) is 0.312. The number of anilines is 1. The molecule has 170 valence electrons. The first kappa shape index (κ1) is 21.4. The second-order valence-electron chi connectivity index (χ2n) is 8.70. The van der Waals surface area contributed by atoms with Crippen LogP contribution in [0.25, 0.3) is 16.7 Å². The summed E-state index contributed by atoms with van der Waals surface area (Å²) in [6.07, 6.45) is 0.661. The molecule has 0 N–H and O–H groups in total. The molecule has 3 heterocycles. The van der Waals surface area contributed by atoms with Crippen molar-refractivity contribution in [1.29, 1.82) is 5.26 Å². The number of pyridine rings is 1. The number of fused-ring (bicyclic) bond motifs is 3. The zero-order valence-electron chi connectivity index (χ0n) is 19.2. The van der Waals surface area contributed by atoms with E-state index in [1.807, 2.05) is 67.6 Å². The Morgan fingerprint density at radius 1 is 0.971 bits per heavy atom. The van der Waals surface area contributed by atoms with Crippen molar-refractivity contribution >= 4 is 39.9 Å². The fourth-order valence-electron chi connectivity index (χ4n) is 4.95. The molecule has 6 heteroatoms. The number of nitriles is 1. The summed E-state index contributed by atoms with van der Waals surface area (Å²) in [4.78, 5) is 12.1. The Kier molecular flexibility index (Phi) is 5.24. The first-order chi connectivity index (χ1) is 17.2. The molecule has 0 spiro atoms. The Balaban J connectivity index is 1.68. The summed E-state index contributed by atoms with van der Waals surface area (Å²) in [6, 6.07) is 28.7. The average Bonchev–Trinajstić information content (AvgIpc) is 3.52. The van der Waals surface area contributed by atoms with Crippen LogP contribution in [-0.2, 0) is 6.42 Å². The van der Waals surface area contributed by atoms with Gasteiger partial charge in [-0.25, -0.2) is 4.98 Å². The van der Waals surface area contributed by atoms with Crippen molar-refractivity contribution < 1.29 is 0 Å². The molecule has 1 aliphatic rings. The van der Waals surface area contributed by atoms with Gasteiger partial charge in [0, 0.05) is 29.1 Å². The third-order valence-corrected chi connectivity index (χ3v) is 6.88. The van der Waals surface area contributed by atoms with Gasteiger partial charge >= 0.3 is 0 Å². The van der Waals surface area contributed by atoms with Crippen LogP contribution in [0.4, 0.5) is 5.82 Å². The normalized spacial score (nSPS) is 13.4. The average molecular weight is 476 g/mol. The van der Waals surface area contributed by atoms with Crippen molar-refractivity contribution in [2.75, 3.05) is 18.0 Å². The molecule has 0 unspecified atom stereocenters. The Morgan fingerprint density at radius 2 is 1.71 bits per heavy atom. The molecule has 0 radical (unpaired) electrons. The molecular weight excluding hydrogens is 454 g/mol. The largest absolute Gasteiger partial charge is 0.310 e. The number of nitrogens with zero attached hydrogens (tertiary/aromatic N) is 5. The van der Waals surface area contributed by atoms with E-state index in [2.05, 4.69) is 33.6 Å². The smallest absolute Gasteiger partial charge is 0.157 e. The Bertz CT molecular complexity index is 1640. The molecule has 3 aromatic carbocycles. The first-order valence-corrected chi connectivity index (χ1v) is 12.0. The third-order valence-electron chi connectivity index (χ3n) is 6.63. The molecule has 6 rings (SSSR count). The summed E-state index contributed by atoms with van der Waals surface area (Å²) in [6.45, 7) is 3.49. The van der Waals surface area contributed by atoms with Crippen LogP contribution in [0.2, 0.25) is 5.02 Å². The SMILES string of the molecule is Cc1c(Cc2ccc(Cl)cc2)c(N2CCN=C2c2ccccc2)n2c(nc3ccccc32)c1C#N. The molecule has 2 aromatic heterocycles. The van der Waals surface area contributed by atoms with E-state index in [1.165, 1.54) is 0 Å². The Labute approximate surface area is 208 Å². The molecular formula is C29H22ClN5. The van der Waals surface area contributed by atoms with Gasteiger partial charge in [-0.05, 0) is 42.3 Å². The summed E-state index contributed by atoms with van der Waals surface area (Å²) in [5, 5.41) is 10.9. The van der Waals surface area contributed by atoms with Crippen molar-refractivity contribution in [3.8, 4) is 6.07 Å². The molecule has 0 bridgehead atoms. The van der Waals surface area contributed by atoms with Gasteiger partial charge in [-0.1, -0.05) is 66.2 Å². The van der Waals surface area contributed by atoms with Crippen LogP contribution in [0.1, 0.15) is 27.8 Å². The highest BCUT2D eigenvalue weighted by atomic mass is 35.5. The van der Waals surface area contributed by atoms with Crippen molar-refractivity contribution in [3.05, 3.63) is 112 Å². The number of hydrogen-bond donors (Lipinski definition) is 0. The lowest BCUT2D eigenvalue weighted by Gasteiger charge is -2.27. The number of aromatic nitrogens is 2. The molecule has 0 fully saturated rings. The van der Waals surface area contributed by atoms with Gasteiger partial charge in [0.25, 0.3) is 0 Å². The molecule has 0 saturated carbocycles. The Morgan fingerprint density at radius 3 is 2.49 bits per heavy atom. The van der Waals surface area contributed by atoms with Gasteiger partial charge in [-0.3, -0.25) is 9.39 Å². The molecule has 0 amide bonds. The van der Waals surface area contributed by atoms with E-state index in [9.17, 15) is 5.26 Å². The minimum Gasteiger partial charge on any atom is -0.310 e. The number of rotatable bonds is 4. The van der Waals surface area contributed by atoms with Gasteiger partial charge in [0.2, 0.25) is 0 Å². The predicted octanol–water partition coefficient (Wildman–Crippen LogP) is 6.18. The number of hydrogen-bond acceptors (Lipinski definition) is 4. The molecule has 5 nitrogen and oxygen atoms in total. The van der Waals surface area contributed by atoms with Crippen LogP contribution >= 0.6 is 11.6 Å².